The van der Waals surface area contributed by atoms with Gasteiger partial charge in [0.15, 0.2) is 0 Å². The van der Waals surface area contributed by atoms with E-state index in [2.05, 4.69) is 17.3 Å². The van der Waals surface area contributed by atoms with Crippen molar-refractivity contribution in [2.75, 3.05) is 13.1 Å². The van der Waals surface area contributed by atoms with Gasteiger partial charge in [-0.1, -0.05) is 0 Å². The Morgan fingerprint density at radius 1 is 1.59 bits per heavy atom. The van der Waals surface area contributed by atoms with Crippen molar-refractivity contribution in [3.05, 3.63) is 0 Å². The van der Waals surface area contributed by atoms with E-state index in [0.717, 1.165) is 38.8 Å². The predicted octanol–water partition coefficient (Wildman–Crippen LogP) is 0.502. The van der Waals surface area contributed by atoms with Crippen molar-refractivity contribution >= 4 is 5.91 Å². The molecule has 1 N–H and O–H groups in total. The van der Waals surface area contributed by atoms with Crippen molar-refractivity contribution in [3.8, 4) is 18.4 Å². The first-order valence-electron chi connectivity index (χ1n) is 6.13. The summed E-state index contributed by atoms with van der Waals surface area (Å²) in [7, 11) is 0. The van der Waals surface area contributed by atoms with Gasteiger partial charge in [-0.2, -0.15) is 5.26 Å². The fraction of sp³-hybridized carbons (Fsp3) is 0.692. The highest BCUT2D eigenvalue weighted by atomic mass is 16.2. The minimum absolute atomic E-state index is 0.0774. The van der Waals surface area contributed by atoms with Crippen LogP contribution in [0.25, 0.3) is 0 Å². The molecule has 3 atom stereocenters. The summed E-state index contributed by atoms with van der Waals surface area (Å²) in [5, 5.41) is 12.2. The van der Waals surface area contributed by atoms with Crippen LogP contribution in [0.2, 0.25) is 0 Å². The number of nitrogens with one attached hydrogen (secondary N) is 1. The van der Waals surface area contributed by atoms with Crippen molar-refractivity contribution < 1.29 is 4.79 Å². The largest absolute Gasteiger partial charge is 0.325 e. The summed E-state index contributed by atoms with van der Waals surface area (Å²) in [4.78, 5) is 13.9. The maximum Gasteiger partial charge on any atom is 0.240 e. The second-order valence-electron chi connectivity index (χ2n) is 4.79. The molecule has 2 heterocycles. The molecule has 2 rings (SSSR count). The first-order chi connectivity index (χ1) is 8.26. The van der Waals surface area contributed by atoms with Crippen molar-refractivity contribution in [1.82, 2.24) is 10.2 Å². The van der Waals surface area contributed by atoms with E-state index in [9.17, 15) is 4.79 Å². The number of terminal acetylenes is 1. The molecule has 0 aromatic heterocycles. The number of hydrogen-bond donors (Lipinski definition) is 1. The monoisotopic (exact) mass is 231 g/mol. The molecule has 4 heteroatoms. The van der Waals surface area contributed by atoms with Crippen molar-refractivity contribution in [1.29, 1.82) is 5.26 Å². The van der Waals surface area contributed by atoms with E-state index in [1.165, 1.54) is 0 Å². The van der Waals surface area contributed by atoms with E-state index in [1.807, 2.05) is 0 Å². The molecule has 0 bridgehead atoms. The summed E-state index contributed by atoms with van der Waals surface area (Å²) in [6.45, 7) is 1.53. The third-order valence-corrected chi connectivity index (χ3v) is 3.61. The highest BCUT2D eigenvalue weighted by Gasteiger charge is 2.36. The highest BCUT2D eigenvalue weighted by molar-refractivity contribution is 5.83. The van der Waals surface area contributed by atoms with E-state index >= 15 is 0 Å². The molecule has 0 radical (unpaired) electrons. The summed E-state index contributed by atoms with van der Waals surface area (Å²) in [6.07, 6.45) is 8.55. The number of hydrogen-bond acceptors (Lipinski definition) is 3. The molecule has 0 spiro atoms. The van der Waals surface area contributed by atoms with Crippen LogP contribution in [0.15, 0.2) is 0 Å². The first kappa shape index (κ1) is 12.0. The molecule has 2 fully saturated rings. The van der Waals surface area contributed by atoms with Crippen molar-refractivity contribution in [3.63, 3.8) is 0 Å². The average molecular weight is 231 g/mol. The second kappa shape index (κ2) is 5.21. The zero-order valence-electron chi connectivity index (χ0n) is 9.85. The van der Waals surface area contributed by atoms with Crippen LogP contribution in [0.3, 0.4) is 0 Å². The summed E-state index contributed by atoms with van der Waals surface area (Å²) in [5.41, 5.74) is 0. The van der Waals surface area contributed by atoms with Gasteiger partial charge in [0.25, 0.3) is 0 Å². The fourth-order valence-corrected chi connectivity index (χ4v) is 2.68. The third kappa shape index (κ3) is 2.43. The smallest absolute Gasteiger partial charge is 0.240 e. The molecular weight excluding hydrogens is 214 g/mol. The lowest BCUT2D eigenvalue weighted by Crippen LogP contribution is -2.45. The molecular formula is C13H17N3O. The summed E-state index contributed by atoms with van der Waals surface area (Å²) in [6, 6.07) is 1.84. The molecule has 0 aromatic carbocycles. The van der Waals surface area contributed by atoms with Crippen LogP contribution in [-0.4, -0.2) is 36.0 Å². The first-order valence-corrected chi connectivity index (χ1v) is 6.13. The quantitative estimate of drug-likeness (QED) is 0.704. The van der Waals surface area contributed by atoms with Gasteiger partial charge in [0.2, 0.25) is 5.91 Å². The second-order valence-corrected chi connectivity index (χ2v) is 4.79. The number of carbonyl (C=O) groups is 1. The summed E-state index contributed by atoms with van der Waals surface area (Å²) in [5.74, 6) is 3.12. The molecule has 4 nitrogen and oxygen atoms in total. The lowest BCUT2D eigenvalue weighted by atomic mass is 10.0. The minimum atomic E-state index is -0.226. The molecule has 2 saturated heterocycles. The fourth-order valence-electron chi connectivity index (χ4n) is 2.68. The number of amides is 1. The van der Waals surface area contributed by atoms with Gasteiger partial charge in [-0.15, -0.1) is 12.3 Å². The zero-order chi connectivity index (χ0) is 12.3. The molecule has 0 saturated carbocycles. The Bertz CT molecular complexity index is 379. The van der Waals surface area contributed by atoms with Gasteiger partial charge in [0.1, 0.15) is 6.04 Å². The number of carbonyl (C=O) groups excluding carboxylic acids is 1. The molecule has 2 aliphatic heterocycles. The number of nitrogens with zero attached hydrogens (tertiary/aromatic N) is 2. The van der Waals surface area contributed by atoms with E-state index in [-0.39, 0.29) is 18.0 Å². The molecule has 1 amide bonds. The average Bonchev–Trinajstić information content (AvgIpc) is 2.96. The number of likely N-dealkylation sites (tertiary alicyclic amines) is 1. The van der Waals surface area contributed by atoms with Gasteiger partial charge in [-0.05, 0) is 31.7 Å². The van der Waals surface area contributed by atoms with Crippen molar-refractivity contribution in [2.24, 2.45) is 5.92 Å². The third-order valence-electron chi connectivity index (χ3n) is 3.61. The van der Waals surface area contributed by atoms with Gasteiger partial charge < -0.3 is 10.2 Å². The lowest BCUT2D eigenvalue weighted by molar-refractivity contribution is -0.133. The molecule has 0 aromatic rings. The Morgan fingerprint density at radius 3 is 3.12 bits per heavy atom. The van der Waals surface area contributed by atoms with Crippen LogP contribution < -0.4 is 5.32 Å². The normalized spacial score (nSPS) is 32.1. The Morgan fingerprint density at radius 2 is 2.41 bits per heavy atom. The number of rotatable bonds is 2. The van der Waals surface area contributed by atoms with Gasteiger partial charge in [0.05, 0.1) is 12.1 Å². The Hall–Kier alpha value is -1.52. The van der Waals surface area contributed by atoms with E-state index in [1.54, 1.807) is 4.90 Å². The minimum Gasteiger partial charge on any atom is -0.325 e. The molecule has 2 aliphatic rings. The van der Waals surface area contributed by atoms with Gasteiger partial charge >= 0.3 is 0 Å². The SMILES string of the molecule is C#CC[C@@H]1CN[C@H](C(=O)N2CCC[C@H]2C#N)C1. The Balaban J connectivity index is 1.93. The Kier molecular flexibility index (Phi) is 3.66. The maximum absolute atomic E-state index is 12.2. The highest BCUT2D eigenvalue weighted by Crippen LogP contribution is 2.23. The zero-order valence-corrected chi connectivity index (χ0v) is 9.85. The van der Waals surface area contributed by atoms with Crippen LogP contribution in [0, 0.1) is 29.6 Å². The van der Waals surface area contributed by atoms with Crippen LogP contribution >= 0.6 is 0 Å². The molecule has 0 unspecified atom stereocenters. The maximum atomic E-state index is 12.2. The summed E-state index contributed by atoms with van der Waals surface area (Å²) >= 11 is 0. The van der Waals surface area contributed by atoms with E-state index in [0.29, 0.717) is 5.92 Å². The van der Waals surface area contributed by atoms with Crippen LogP contribution in [0.4, 0.5) is 0 Å². The predicted molar refractivity (Wildman–Crippen MR) is 63.7 cm³/mol. The molecule has 90 valence electrons. The van der Waals surface area contributed by atoms with Gasteiger partial charge in [0, 0.05) is 13.0 Å². The van der Waals surface area contributed by atoms with E-state index in [4.69, 9.17) is 11.7 Å². The topological polar surface area (TPSA) is 56.1 Å². The Labute approximate surface area is 102 Å². The van der Waals surface area contributed by atoms with Crippen molar-refractivity contribution in [2.45, 2.75) is 37.8 Å². The number of nitriles is 1. The summed E-state index contributed by atoms with van der Waals surface area (Å²) < 4.78 is 0. The van der Waals surface area contributed by atoms with E-state index < -0.39 is 0 Å². The van der Waals surface area contributed by atoms with Crippen LogP contribution in [0.5, 0.6) is 0 Å². The van der Waals surface area contributed by atoms with Crippen LogP contribution in [0.1, 0.15) is 25.7 Å². The van der Waals surface area contributed by atoms with Gasteiger partial charge in [-0.3, -0.25) is 4.79 Å². The molecule has 0 aliphatic carbocycles. The lowest BCUT2D eigenvalue weighted by Gasteiger charge is -2.23. The molecule has 17 heavy (non-hydrogen) atoms. The standard InChI is InChI=1S/C13H17N3O/c1-2-4-10-7-12(15-9-10)13(17)16-6-3-5-11(16)8-14/h1,10-12,15H,3-7,9H2/t10-,11-,12-/m0/s1. The van der Waals surface area contributed by atoms with Gasteiger partial charge in [-0.25, -0.2) is 0 Å². The van der Waals surface area contributed by atoms with Crippen LogP contribution in [-0.2, 0) is 4.79 Å².